The van der Waals surface area contributed by atoms with Gasteiger partial charge in [0.2, 0.25) is 5.91 Å². The minimum Gasteiger partial charge on any atom is -0.324 e. The van der Waals surface area contributed by atoms with Crippen LogP contribution in [0.5, 0.6) is 0 Å². The summed E-state index contributed by atoms with van der Waals surface area (Å²) in [5, 5.41) is 2.95. The van der Waals surface area contributed by atoms with Crippen LogP contribution in [0.1, 0.15) is 37.7 Å². The Labute approximate surface area is 174 Å². The highest BCUT2D eigenvalue weighted by Gasteiger charge is 2.42. The fourth-order valence-corrected chi connectivity index (χ4v) is 4.58. The van der Waals surface area contributed by atoms with Crippen LogP contribution in [0.25, 0.3) is 0 Å². The summed E-state index contributed by atoms with van der Waals surface area (Å²) in [5.41, 5.74) is 3.93. The van der Waals surface area contributed by atoms with Gasteiger partial charge in [-0.05, 0) is 55.9 Å². The van der Waals surface area contributed by atoms with E-state index in [-0.39, 0.29) is 17.6 Å². The van der Waals surface area contributed by atoms with Gasteiger partial charge in [0.25, 0.3) is 0 Å². The molecule has 1 N–H and O–H groups in total. The van der Waals surface area contributed by atoms with E-state index in [4.69, 9.17) is 4.99 Å². The van der Waals surface area contributed by atoms with Crippen LogP contribution in [-0.2, 0) is 9.59 Å². The molecule has 1 aromatic carbocycles. The number of nitrogens with one attached hydrogen (secondary N) is 1. The number of hydrogen-bond donors (Lipinski definition) is 1. The van der Waals surface area contributed by atoms with E-state index in [0.717, 1.165) is 34.7 Å². The number of amides is 1. The summed E-state index contributed by atoms with van der Waals surface area (Å²) in [6.45, 7) is 1.89. The van der Waals surface area contributed by atoms with Crippen molar-refractivity contribution >= 4 is 34.9 Å². The zero-order valence-electron chi connectivity index (χ0n) is 16.5. The number of aliphatic imine (C=N–C) groups is 1. The first kappa shape index (κ1) is 19.6. The smallest absolute Gasteiger partial charge is 0.234 e. The number of Topliss-reactive ketones (excluding diaryl/α,β-unsaturated/α-hetero) is 1. The molecule has 1 aliphatic carbocycles. The Morgan fingerprint density at radius 1 is 1.17 bits per heavy atom. The van der Waals surface area contributed by atoms with E-state index in [1.807, 2.05) is 37.4 Å². The van der Waals surface area contributed by atoms with Crippen molar-refractivity contribution in [2.45, 2.75) is 37.0 Å². The average Bonchev–Trinajstić information content (AvgIpc) is 2.73. The normalized spacial score (nSPS) is 21.4. The van der Waals surface area contributed by atoms with Crippen molar-refractivity contribution in [3.8, 4) is 0 Å². The lowest BCUT2D eigenvalue weighted by Gasteiger charge is -2.35. The van der Waals surface area contributed by atoms with Crippen LogP contribution in [0.3, 0.4) is 0 Å². The third kappa shape index (κ3) is 3.90. The second-order valence-corrected chi connectivity index (χ2v) is 8.23. The number of anilines is 1. The average molecular weight is 406 g/mol. The van der Waals surface area contributed by atoms with Crippen molar-refractivity contribution in [2.75, 3.05) is 11.6 Å². The van der Waals surface area contributed by atoms with Crippen LogP contribution in [0.15, 0.2) is 69.9 Å². The second-order valence-electron chi connectivity index (χ2n) is 7.35. The molecule has 0 spiro atoms. The summed E-state index contributed by atoms with van der Waals surface area (Å²) in [4.78, 5) is 36.1. The molecule has 2 aliphatic rings. The Hall–Kier alpha value is -2.73. The van der Waals surface area contributed by atoms with Crippen LogP contribution < -0.4 is 5.32 Å². The molecule has 0 bridgehead atoms. The van der Waals surface area contributed by atoms with E-state index in [0.29, 0.717) is 17.7 Å². The van der Waals surface area contributed by atoms with E-state index in [9.17, 15) is 9.59 Å². The number of pyridine rings is 1. The Morgan fingerprint density at radius 3 is 2.66 bits per heavy atom. The van der Waals surface area contributed by atoms with Gasteiger partial charge >= 0.3 is 0 Å². The van der Waals surface area contributed by atoms with Crippen molar-refractivity contribution in [3.05, 3.63) is 65.6 Å². The lowest BCUT2D eigenvalue weighted by atomic mass is 9.71. The summed E-state index contributed by atoms with van der Waals surface area (Å²) in [6, 6.07) is 11.7. The van der Waals surface area contributed by atoms with Crippen LogP contribution in [0, 0.1) is 5.92 Å². The van der Waals surface area contributed by atoms with Gasteiger partial charge in [-0.3, -0.25) is 19.6 Å². The first-order chi connectivity index (χ1) is 14.1. The SMILES string of the molecule is CSc1ccc([C@H]2C3=C(CCCC3=O)N=C(C)C2C(=O)Nc2cccnc2)cc1. The summed E-state index contributed by atoms with van der Waals surface area (Å²) in [5.74, 6) is -0.900. The molecule has 6 heteroatoms. The van der Waals surface area contributed by atoms with Crippen molar-refractivity contribution in [1.82, 2.24) is 4.98 Å². The van der Waals surface area contributed by atoms with Gasteiger partial charge in [-0.25, -0.2) is 0 Å². The van der Waals surface area contributed by atoms with Gasteiger partial charge in [0.1, 0.15) is 0 Å². The highest BCUT2D eigenvalue weighted by atomic mass is 32.2. The molecule has 0 saturated carbocycles. The number of thioether (sulfide) groups is 1. The minimum atomic E-state index is -0.531. The Kier molecular flexibility index (Phi) is 5.62. The van der Waals surface area contributed by atoms with Gasteiger partial charge < -0.3 is 5.32 Å². The fraction of sp³-hybridized carbons (Fsp3) is 0.304. The first-order valence-corrected chi connectivity index (χ1v) is 11.0. The molecule has 148 valence electrons. The van der Waals surface area contributed by atoms with Crippen LogP contribution in [0.2, 0.25) is 0 Å². The third-order valence-electron chi connectivity index (χ3n) is 5.52. The number of carbonyl (C=O) groups is 2. The molecule has 1 amide bonds. The second kappa shape index (κ2) is 8.33. The Balaban J connectivity index is 1.77. The summed E-state index contributed by atoms with van der Waals surface area (Å²) < 4.78 is 0. The quantitative estimate of drug-likeness (QED) is 0.753. The van der Waals surface area contributed by atoms with Gasteiger partial charge in [-0.2, -0.15) is 0 Å². The first-order valence-electron chi connectivity index (χ1n) is 9.74. The van der Waals surface area contributed by atoms with Gasteiger partial charge in [-0.1, -0.05) is 12.1 Å². The van der Waals surface area contributed by atoms with Crippen molar-refractivity contribution in [1.29, 1.82) is 0 Å². The molecular formula is C23H23N3O2S. The van der Waals surface area contributed by atoms with Crippen LogP contribution >= 0.6 is 11.8 Å². The maximum atomic E-state index is 13.3. The lowest BCUT2D eigenvalue weighted by molar-refractivity contribution is -0.119. The number of allylic oxidation sites excluding steroid dienone is 2. The van der Waals surface area contributed by atoms with Crippen molar-refractivity contribution in [2.24, 2.45) is 10.9 Å². The Morgan fingerprint density at radius 2 is 1.97 bits per heavy atom. The fourth-order valence-electron chi connectivity index (χ4n) is 4.17. The van der Waals surface area contributed by atoms with Gasteiger partial charge in [-0.15, -0.1) is 11.8 Å². The molecule has 29 heavy (non-hydrogen) atoms. The number of ketones is 1. The number of rotatable bonds is 4. The number of carbonyl (C=O) groups excluding carboxylic acids is 2. The number of aromatic nitrogens is 1. The molecule has 4 rings (SSSR count). The molecule has 2 aromatic rings. The molecule has 0 saturated heterocycles. The maximum Gasteiger partial charge on any atom is 0.234 e. The van der Waals surface area contributed by atoms with Gasteiger partial charge in [0.05, 0.1) is 17.8 Å². The molecule has 2 atom stereocenters. The van der Waals surface area contributed by atoms with E-state index in [1.165, 1.54) is 0 Å². The van der Waals surface area contributed by atoms with Gasteiger partial charge in [0, 0.05) is 40.4 Å². The van der Waals surface area contributed by atoms with E-state index in [1.54, 1.807) is 36.3 Å². The molecule has 0 fully saturated rings. The lowest BCUT2D eigenvalue weighted by Crippen LogP contribution is -2.39. The van der Waals surface area contributed by atoms with Crippen molar-refractivity contribution < 1.29 is 9.59 Å². The minimum absolute atomic E-state index is 0.112. The highest BCUT2D eigenvalue weighted by molar-refractivity contribution is 7.98. The highest BCUT2D eigenvalue weighted by Crippen LogP contribution is 2.43. The zero-order chi connectivity index (χ0) is 20.4. The third-order valence-corrected chi connectivity index (χ3v) is 6.26. The largest absolute Gasteiger partial charge is 0.324 e. The zero-order valence-corrected chi connectivity index (χ0v) is 17.3. The molecule has 5 nitrogen and oxygen atoms in total. The number of nitrogens with zero attached hydrogens (tertiary/aromatic N) is 2. The van der Waals surface area contributed by atoms with Gasteiger partial charge in [0.15, 0.2) is 5.78 Å². The molecular weight excluding hydrogens is 382 g/mol. The van der Waals surface area contributed by atoms with E-state index < -0.39 is 5.92 Å². The number of hydrogen-bond acceptors (Lipinski definition) is 5. The molecule has 0 radical (unpaired) electrons. The summed E-state index contributed by atoms with van der Waals surface area (Å²) in [6.07, 6.45) is 7.43. The number of benzene rings is 1. The standard InChI is InChI=1S/C23H23N3O2S/c1-14-20(23(28)26-16-5-4-12-24-13-16)21(15-8-10-17(29-2)11-9-15)22-18(25-14)6-3-7-19(22)27/h4-5,8-13,20-21H,3,6-7H2,1-2H3,(H,26,28)/t20?,21-/m1/s1. The summed E-state index contributed by atoms with van der Waals surface area (Å²) >= 11 is 1.67. The predicted octanol–water partition coefficient (Wildman–Crippen LogP) is 4.62. The molecule has 1 aliphatic heterocycles. The molecule has 1 unspecified atom stereocenters. The van der Waals surface area contributed by atoms with Crippen molar-refractivity contribution in [3.63, 3.8) is 0 Å². The molecule has 2 heterocycles. The topological polar surface area (TPSA) is 71.4 Å². The molecule has 1 aromatic heterocycles. The summed E-state index contributed by atoms with van der Waals surface area (Å²) in [7, 11) is 0. The maximum absolute atomic E-state index is 13.3. The predicted molar refractivity (Wildman–Crippen MR) is 116 cm³/mol. The monoisotopic (exact) mass is 405 g/mol. The van der Waals surface area contributed by atoms with Crippen LogP contribution in [0.4, 0.5) is 5.69 Å². The Bertz CT molecular complexity index is 997. The van der Waals surface area contributed by atoms with E-state index >= 15 is 0 Å². The van der Waals surface area contributed by atoms with Crippen LogP contribution in [-0.4, -0.2) is 28.6 Å². The van der Waals surface area contributed by atoms with E-state index in [2.05, 4.69) is 10.3 Å².